The van der Waals surface area contributed by atoms with Gasteiger partial charge in [-0.3, -0.25) is 4.79 Å². The maximum Gasteiger partial charge on any atom is 0.224 e. The SMILES string of the molecule is CCC(CN)C(=O)NCc1cccc(Cl)c1. The molecular formula is C12H17ClN2O. The predicted molar refractivity (Wildman–Crippen MR) is 66.1 cm³/mol. The Kier molecular flexibility index (Phi) is 5.29. The van der Waals surface area contributed by atoms with Gasteiger partial charge in [-0.2, -0.15) is 0 Å². The average molecular weight is 241 g/mol. The van der Waals surface area contributed by atoms with Crippen LogP contribution in [0.3, 0.4) is 0 Å². The molecule has 0 aliphatic heterocycles. The Balaban J connectivity index is 2.48. The molecule has 0 bridgehead atoms. The molecule has 0 aliphatic carbocycles. The van der Waals surface area contributed by atoms with Crippen molar-refractivity contribution in [1.29, 1.82) is 0 Å². The monoisotopic (exact) mass is 240 g/mol. The first-order valence-electron chi connectivity index (χ1n) is 5.39. The summed E-state index contributed by atoms with van der Waals surface area (Å²) in [5.41, 5.74) is 6.49. The molecule has 1 aromatic carbocycles. The molecule has 16 heavy (non-hydrogen) atoms. The van der Waals surface area contributed by atoms with Crippen molar-refractivity contribution >= 4 is 17.5 Å². The minimum absolute atomic E-state index is 0.00461. The lowest BCUT2D eigenvalue weighted by Crippen LogP contribution is -2.34. The maximum atomic E-state index is 11.6. The number of carbonyl (C=O) groups is 1. The van der Waals surface area contributed by atoms with Gasteiger partial charge in [0.25, 0.3) is 0 Å². The third-order valence-corrected chi connectivity index (χ3v) is 2.74. The molecule has 0 radical (unpaired) electrons. The van der Waals surface area contributed by atoms with Crippen LogP contribution in [0.1, 0.15) is 18.9 Å². The van der Waals surface area contributed by atoms with E-state index in [1.165, 1.54) is 0 Å². The van der Waals surface area contributed by atoms with Gasteiger partial charge in [0.05, 0.1) is 0 Å². The Labute approximate surface area is 101 Å². The number of amides is 1. The van der Waals surface area contributed by atoms with E-state index in [-0.39, 0.29) is 11.8 Å². The second kappa shape index (κ2) is 6.51. The van der Waals surface area contributed by atoms with E-state index < -0.39 is 0 Å². The molecule has 0 aromatic heterocycles. The van der Waals surface area contributed by atoms with E-state index in [1.807, 2.05) is 31.2 Å². The molecule has 3 nitrogen and oxygen atoms in total. The Morgan fingerprint density at radius 2 is 2.31 bits per heavy atom. The van der Waals surface area contributed by atoms with Gasteiger partial charge in [0, 0.05) is 24.0 Å². The molecule has 1 rings (SSSR count). The Morgan fingerprint density at radius 1 is 1.56 bits per heavy atom. The van der Waals surface area contributed by atoms with Crippen molar-refractivity contribution in [2.75, 3.05) is 6.54 Å². The molecule has 3 N–H and O–H groups in total. The van der Waals surface area contributed by atoms with E-state index in [4.69, 9.17) is 17.3 Å². The van der Waals surface area contributed by atoms with Crippen molar-refractivity contribution in [2.45, 2.75) is 19.9 Å². The number of carbonyl (C=O) groups excluding carboxylic acids is 1. The van der Waals surface area contributed by atoms with Crippen LogP contribution >= 0.6 is 11.6 Å². The lowest BCUT2D eigenvalue weighted by molar-refractivity contribution is -0.124. The fourth-order valence-corrected chi connectivity index (χ4v) is 1.65. The van der Waals surface area contributed by atoms with Gasteiger partial charge in [0.2, 0.25) is 5.91 Å². The van der Waals surface area contributed by atoms with Crippen molar-refractivity contribution in [2.24, 2.45) is 11.7 Å². The molecule has 0 spiro atoms. The Morgan fingerprint density at radius 3 is 2.88 bits per heavy atom. The smallest absolute Gasteiger partial charge is 0.224 e. The lowest BCUT2D eigenvalue weighted by atomic mass is 10.1. The first-order chi connectivity index (χ1) is 7.67. The number of nitrogens with one attached hydrogen (secondary N) is 1. The first-order valence-corrected chi connectivity index (χ1v) is 5.77. The largest absolute Gasteiger partial charge is 0.352 e. The van der Waals surface area contributed by atoms with E-state index >= 15 is 0 Å². The molecule has 0 aliphatic rings. The first kappa shape index (κ1) is 13.0. The summed E-state index contributed by atoms with van der Waals surface area (Å²) in [5, 5.41) is 3.53. The van der Waals surface area contributed by atoms with Gasteiger partial charge >= 0.3 is 0 Å². The summed E-state index contributed by atoms with van der Waals surface area (Å²) >= 11 is 5.84. The van der Waals surface area contributed by atoms with Crippen LogP contribution in [-0.4, -0.2) is 12.5 Å². The van der Waals surface area contributed by atoms with Crippen LogP contribution in [0.4, 0.5) is 0 Å². The summed E-state index contributed by atoms with van der Waals surface area (Å²) in [7, 11) is 0. The fourth-order valence-electron chi connectivity index (χ4n) is 1.44. The van der Waals surface area contributed by atoms with Crippen LogP contribution in [0.15, 0.2) is 24.3 Å². The van der Waals surface area contributed by atoms with Gasteiger partial charge < -0.3 is 11.1 Å². The topological polar surface area (TPSA) is 55.1 Å². The number of halogens is 1. The highest BCUT2D eigenvalue weighted by Gasteiger charge is 2.13. The number of rotatable bonds is 5. The molecule has 1 aromatic rings. The summed E-state index contributed by atoms with van der Waals surface area (Å²) in [6.07, 6.45) is 0.762. The quantitative estimate of drug-likeness (QED) is 0.827. The van der Waals surface area contributed by atoms with Crippen molar-refractivity contribution in [1.82, 2.24) is 5.32 Å². The van der Waals surface area contributed by atoms with Crippen LogP contribution in [0.2, 0.25) is 5.02 Å². The third kappa shape index (κ3) is 3.83. The zero-order valence-electron chi connectivity index (χ0n) is 9.37. The second-order valence-electron chi connectivity index (χ2n) is 3.69. The maximum absolute atomic E-state index is 11.6. The summed E-state index contributed by atoms with van der Waals surface area (Å²) in [6.45, 7) is 2.84. The van der Waals surface area contributed by atoms with Crippen molar-refractivity contribution in [3.8, 4) is 0 Å². The fraction of sp³-hybridized carbons (Fsp3) is 0.417. The van der Waals surface area contributed by atoms with E-state index in [0.717, 1.165) is 12.0 Å². The molecule has 0 saturated heterocycles. The van der Waals surface area contributed by atoms with Crippen LogP contribution in [0.25, 0.3) is 0 Å². The molecule has 88 valence electrons. The van der Waals surface area contributed by atoms with Gasteiger partial charge in [-0.15, -0.1) is 0 Å². The third-order valence-electron chi connectivity index (χ3n) is 2.50. The standard InChI is InChI=1S/C12H17ClN2O/c1-2-10(7-14)12(16)15-8-9-4-3-5-11(13)6-9/h3-6,10H,2,7-8,14H2,1H3,(H,15,16). The van der Waals surface area contributed by atoms with E-state index in [2.05, 4.69) is 5.32 Å². The van der Waals surface area contributed by atoms with Crippen molar-refractivity contribution in [3.05, 3.63) is 34.9 Å². The van der Waals surface area contributed by atoms with Gasteiger partial charge in [-0.25, -0.2) is 0 Å². The van der Waals surface area contributed by atoms with Gasteiger partial charge in [0.15, 0.2) is 0 Å². The second-order valence-corrected chi connectivity index (χ2v) is 4.13. The zero-order valence-corrected chi connectivity index (χ0v) is 10.1. The van der Waals surface area contributed by atoms with Gasteiger partial charge in [-0.1, -0.05) is 30.7 Å². The average Bonchev–Trinajstić information content (AvgIpc) is 2.28. The molecule has 0 saturated carbocycles. The van der Waals surface area contributed by atoms with Gasteiger partial charge in [-0.05, 0) is 24.1 Å². The zero-order chi connectivity index (χ0) is 12.0. The molecule has 4 heteroatoms. The molecule has 1 unspecified atom stereocenters. The van der Waals surface area contributed by atoms with Crippen LogP contribution in [-0.2, 0) is 11.3 Å². The number of hydrogen-bond donors (Lipinski definition) is 2. The van der Waals surface area contributed by atoms with E-state index in [1.54, 1.807) is 0 Å². The summed E-state index contributed by atoms with van der Waals surface area (Å²) in [6, 6.07) is 7.44. The van der Waals surface area contributed by atoms with Crippen molar-refractivity contribution in [3.63, 3.8) is 0 Å². The van der Waals surface area contributed by atoms with Crippen LogP contribution in [0, 0.1) is 5.92 Å². The molecule has 1 atom stereocenters. The predicted octanol–water partition coefficient (Wildman–Crippen LogP) is 1.94. The molecule has 0 heterocycles. The van der Waals surface area contributed by atoms with E-state index in [9.17, 15) is 4.79 Å². The molecule has 0 fully saturated rings. The normalized spacial score (nSPS) is 12.2. The van der Waals surface area contributed by atoms with Gasteiger partial charge in [0.1, 0.15) is 0 Å². The minimum atomic E-state index is -0.0980. The Bertz CT molecular complexity index is 351. The minimum Gasteiger partial charge on any atom is -0.352 e. The number of hydrogen-bond acceptors (Lipinski definition) is 2. The van der Waals surface area contributed by atoms with Crippen LogP contribution in [0.5, 0.6) is 0 Å². The van der Waals surface area contributed by atoms with Crippen molar-refractivity contribution < 1.29 is 4.79 Å². The number of benzene rings is 1. The highest BCUT2D eigenvalue weighted by Crippen LogP contribution is 2.10. The molecule has 1 amide bonds. The van der Waals surface area contributed by atoms with E-state index in [0.29, 0.717) is 18.1 Å². The highest BCUT2D eigenvalue weighted by atomic mass is 35.5. The highest BCUT2D eigenvalue weighted by molar-refractivity contribution is 6.30. The molecular weight excluding hydrogens is 224 g/mol. The number of nitrogens with two attached hydrogens (primary N) is 1. The Hall–Kier alpha value is -1.06. The lowest BCUT2D eigenvalue weighted by Gasteiger charge is -2.12. The summed E-state index contributed by atoms with van der Waals surface area (Å²) in [4.78, 5) is 11.6. The van der Waals surface area contributed by atoms with Crippen LogP contribution < -0.4 is 11.1 Å². The summed E-state index contributed by atoms with van der Waals surface area (Å²) < 4.78 is 0. The summed E-state index contributed by atoms with van der Waals surface area (Å²) in [5.74, 6) is -0.0934.